The van der Waals surface area contributed by atoms with Gasteiger partial charge in [-0.15, -0.1) is 53.6 Å². The summed E-state index contributed by atoms with van der Waals surface area (Å²) in [5, 5.41) is 3.24. The Hall–Kier alpha value is -5.42. The molecule has 0 fully saturated rings. The molecular formula is C47H40IrN4O-2. The maximum absolute atomic E-state index is 7.28. The Kier molecular flexibility index (Phi) is 8.18. The van der Waals surface area contributed by atoms with E-state index in [9.17, 15) is 0 Å². The Bertz CT molecular complexity index is 2850. The van der Waals surface area contributed by atoms with E-state index in [1.165, 1.54) is 41.2 Å². The number of pyridine rings is 2. The minimum absolute atomic E-state index is 0. The van der Waals surface area contributed by atoms with E-state index in [2.05, 4.69) is 104 Å². The van der Waals surface area contributed by atoms with Gasteiger partial charge in [0.05, 0.1) is 34.2 Å². The third kappa shape index (κ3) is 6.70. The fourth-order valence-corrected chi connectivity index (χ4v) is 6.85. The number of imidazole rings is 1. The maximum Gasteiger partial charge on any atom is 0.120 e. The van der Waals surface area contributed by atoms with Gasteiger partial charge in [-0.3, -0.25) is 9.97 Å². The molecule has 0 N–H and O–H groups in total. The first-order valence-electron chi connectivity index (χ1n) is 20.4. The van der Waals surface area contributed by atoms with Crippen LogP contribution in [-0.2, 0) is 20.1 Å². The average molecular weight is 875 g/mol. The number of hydrogen-bond acceptors (Lipinski definition) is 4. The Balaban J connectivity index is 0.000000214. The van der Waals surface area contributed by atoms with Crippen LogP contribution in [0, 0.1) is 25.8 Å². The second kappa shape index (κ2) is 14.9. The molecule has 5 aromatic carbocycles. The second-order valence-electron chi connectivity index (χ2n) is 13.5. The van der Waals surface area contributed by atoms with Gasteiger partial charge < -0.3 is 14.0 Å². The molecule has 1 radical (unpaired) electrons. The van der Waals surface area contributed by atoms with Gasteiger partial charge in [0.1, 0.15) is 5.58 Å². The van der Waals surface area contributed by atoms with Gasteiger partial charge in [-0.1, -0.05) is 112 Å². The van der Waals surface area contributed by atoms with Gasteiger partial charge in [0.2, 0.25) is 0 Å². The fourth-order valence-electron chi connectivity index (χ4n) is 6.85. The largest absolute Gasteiger partial charge is 0.501 e. The third-order valence-electron chi connectivity index (χ3n) is 9.37. The average Bonchev–Trinajstić information content (AvgIpc) is 3.79. The van der Waals surface area contributed by atoms with Crippen molar-refractivity contribution in [3.05, 3.63) is 156 Å². The summed E-state index contributed by atoms with van der Waals surface area (Å²) in [6.45, 7) is 4.69. The first-order chi connectivity index (χ1) is 27.7. The number of rotatable bonds is 5. The van der Waals surface area contributed by atoms with Crippen LogP contribution in [0.2, 0.25) is 0 Å². The summed E-state index contributed by atoms with van der Waals surface area (Å²) in [4.78, 5) is 14.1. The van der Waals surface area contributed by atoms with E-state index >= 15 is 0 Å². The molecule has 0 saturated heterocycles. The van der Waals surface area contributed by atoms with E-state index in [4.69, 9.17) is 22.6 Å². The maximum atomic E-state index is 7.28. The Morgan fingerprint density at radius 1 is 0.679 bits per heavy atom. The van der Waals surface area contributed by atoms with Crippen molar-refractivity contribution >= 4 is 43.9 Å². The molecule has 0 unspecified atom stereocenters. The topological polar surface area (TPSA) is 56.7 Å². The minimum Gasteiger partial charge on any atom is -0.501 e. The third-order valence-corrected chi connectivity index (χ3v) is 9.37. The van der Waals surface area contributed by atoms with Crippen LogP contribution in [0.25, 0.3) is 72.2 Å². The zero-order valence-corrected chi connectivity index (χ0v) is 32.1. The van der Waals surface area contributed by atoms with Crippen LogP contribution in [0.1, 0.15) is 70.0 Å². The van der Waals surface area contributed by atoms with Gasteiger partial charge >= 0.3 is 0 Å². The number of fused-ring (bicyclic) bond motifs is 6. The van der Waals surface area contributed by atoms with E-state index in [0.29, 0.717) is 23.1 Å². The summed E-state index contributed by atoms with van der Waals surface area (Å²) in [6, 6.07) is 41.2. The number of aryl methyl sites for hydroxylation is 2. The van der Waals surface area contributed by atoms with Gasteiger partial charge in [0, 0.05) is 51.0 Å². The molecule has 4 heterocycles. The summed E-state index contributed by atoms with van der Waals surface area (Å²) in [6.07, 6.45) is 3.19. The number of furan rings is 1. The zero-order chi connectivity index (χ0) is 40.9. The first-order valence-corrected chi connectivity index (χ1v) is 17.4. The van der Waals surface area contributed by atoms with Gasteiger partial charge in [-0.25, -0.2) is 0 Å². The predicted molar refractivity (Wildman–Crippen MR) is 214 cm³/mol. The Morgan fingerprint density at radius 2 is 1.42 bits per heavy atom. The van der Waals surface area contributed by atoms with E-state index in [-0.39, 0.29) is 31.2 Å². The van der Waals surface area contributed by atoms with Crippen LogP contribution in [0.4, 0.5) is 0 Å². The summed E-state index contributed by atoms with van der Waals surface area (Å²) in [5.41, 5.74) is 10.7. The predicted octanol–water partition coefficient (Wildman–Crippen LogP) is 12.4. The van der Waals surface area contributed by atoms with Crippen LogP contribution < -0.4 is 0 Å². The van der Waals surface area contributed by atoms with Gasteiger partial charge in [-0.2, -0.15) is 0 Å². The van der Waals surface area contributed by atoms with Crippen molar-refractivity contribution < 1.29 is 32.7 Å². The van der Waals surface area contributed by atoms with Crippen molar-refractivity contribution in [2.24, 2.45) is 0 Å². The van der Waals surface area contributed by atoms with Gasteiger partial charge in [-0.05, 0) is 53.2 Å². The van der Waals surface area contributed by atoms with Crippen molar-refractivity contribution in [3.63, 3.8) is 0 Å². The number of benzene rings is 5. The molecule has 4 aromatic heterocycles. The molecule has 5 nitrogen and oxygen atoms in total. The molecule has 9 rings (SSSR count). The van der Waals surface area contributed by atoms with Gasteiger partial charge in [0.25, 0.3) is 0 Å². The van der Waals surface area contributed by atoms with Crippen LogP contribution in [0.3, 0.4) is 0 Å². The number of aromatic nitrogens is 4. The summed E-state index contributed by atoms with van der Waals surface area (Å²) in [5.74, 6) is 1.47. The van der Waals surface area contributed by atoms with Crippen LogP contribution in [0.15, 0.2) is 126 Å². The van der Waals surface area contributed by atoms with Crippen LogP contribution in [-0.4, -0.2) is 19.5 Å². The standard InChI is InChI=1S/C34H28N3O.C13H12N.Ir/c1-20(2)22-13-9-14-23(21(3)4)31(22)37-32-26-12-5-7-17-28(26)35-19-29(32)36-34(37)27-16-10-15-25-24-11-6-8-18-30(24)38-33(25)27;1-10-3-6-12(7-4-10)13-8-5-11(2)9-14-13;/h5-15,17-21H,1-4H3;3-6,8-9H,1-2H3;/q2*-1;/i;1D3,2D3;. The molecule has 53 heavy (non-hydrogen) atoms. The summed E-state index contributed by atoms with van der Waals surface area (Å²) in [7, 11) is 0. The first kappa shape index (κ1) is 29.1. The second-order valence-corrected chi connectivity index (χ2v) is 13.5. The summed E-state index contributed by atoms with van der Waals surface area (Å²) >= 11 is 0. The monoisotopic (exact) mass is 875 g/mol. The van der Waals surface area contributed by atoms with Crippen molar-refractivity contribution in [2.75, 3.05) is 0 Å². The van der Waals surface area contributed by atoms with Crippen LogP contribution in [0.5, 0.6) is 0 Å². The van der Waals surface area contributed by atoms with Crippen molar-refractivity contribution in [1.29, 1.82) is 0 Å². The SMILES string of the molecule is CC(C)c1cccc(C(C)C)c1-n1c(-c2[c-]ccc3c2oc2ccccc23)nc2cnc3ccccc3c21.[2H]C([2H])([2H])c1c[c-]c(-c2ccc(C([2H])([2H])[2H])cn2)cc1.[Ir]. The molecule has 0 spiro atoms. The number of nitrogens with zero attached hydrogens (tertiary/aromatic N) is 4. The molecular weight excluding hydrogens is 829 g/mol. The Labute approximate surface area is 332 Å². The molecule has 265 valence electrons. The van der Waals surface area contributed by atoms with E-state index in [1.54, 1.807) is 12.1 Å². The molecule has 0 atom stereocenters. The molecule has 0 aliphatic rings. The molecule has 0 amide bonds. The van der Waals surface area contributed by atoms with Crippen molar-refractivity contribution in [3.8, 4) is 28.3 Å². The number of hydrogen-bond donors (Lipinski definition) is 0. The fraction of sp³-hybridized carbons (Fsp3) is 0.170. The van der Waals surface area contributed by atoms with Crippen molar-refractivity contribution in [1.82, 2.24) is 19.5 Å². The number of para-hydroxylation sites is 3. The molecule has 9 aromatic rings. The van der Waals surface area contributed by atoms with Crippen molar-refractivity contribution in [2.45, 2.75) is 53.2 Å². The Morgan fingerprint density at radius 3 is 2.11 bits per heavy atom. The molecule has 0 saturated carbocycles. The molecule has 0 aliphatic carbocycles. The van der Waals surface area contributed by atoms with Gasteiger partial charge in [0.15, 0.2) is 0 Å². The van der Waals surface area contributed by atoms with Crippen LogP contribution >= 0.6 is 0 Å². The minimum atomic E-state index is -2.18. The smallest absolute Gasteiger partial charge is 0.120 e. The molecule has 0 aliphatic heterocycles. The van der Waals surface area contributed by atoms with E-state index < -0.39 is 13.7 Å². The normalized spacial score (nSPS) is 13.5. The zero-order valence-electron chi connectivity index (χ0n) is 35.7. The summed E-state index contributed by atoms with van der Waals surface area (Å²) < 4.78 is 52.5. The molecule has 6 heteroatoms. The molecule has 0 bridgehead atoms. The van der Waals surface area contributed by atoms with E-state index in [0.717, 1.165) is 55.3 Å². The van der Waals surface area contributed by atoms with E-state index in [1.807, 2.05) is 30.5 Å². The quantitative estimate of drug-likeness (QED) is 0.162.